The van der Waals surface area contributed by atoms with Crippen LogP contribution in [0.5, 0.6) is 11.5 Å². The van der Waals surface area contributed by atoms with Crippen LogP contribution >= 0.6 is 0 Å². The standard InChI is InChI=1S/C19H22O3/c1-5-19(20)22-17-9-7-6-8-16(17)12-21-18-11-14(3)13(2)10-15(18)4/h6-11H,5,12H2,1-4H3. The summed E-state index contributed by atoms with van der Waals surface area (Å²) in [6.07, 6.45) is 0.353. The Morgan fingerprint density at radius 3 is 2.36 bits per heavy atom. The van der Waals surface area contributed by atoms with Gasteiger partial charge in [-0.15, -0.1) is 0 Å². The number of para-hydroxylation sites is 1. The quantitative estimate of drug-likeness (QED) is 0.602. The zero-order valence-corrected chi connectivity index (χ0v) is 13.6. The summed E-state index contributed by atoms with van der Waals surface area (Å²) in [5.74, 6) is 1.19. The minimum atomic E-state index is -0.241. The Labute approximate surface area is 131 Å². The molecule has 0 aromatic heterocycles. The number of hydrogen-bond donors (Lipinski definition) is 0. The summed E-state index contributed by atoms with van der Waals surface area (Å²) >= 11 is 0. The van der Waals surface area contributed by atoms with E-state index in [-0.39, 0.29) is 5.97 Å². The molecule has 0 bridgehead atoms. The average molecular weight is 298 g/mol. The first-order chi connectivity index (χ1) is 10.5. The molecule has 0 saturated heterocycles. The average Bonchev–Trinajstić information content (AvgIpc) is 2.50. The molecule has 0 unspecified atom stereocenters. The third-order valence-electron chi connectivity index (χ3n) is 3.66. The van der Waals surface area contributed by atoms with Gasteiger partial charge in [0.15, 0.2) is 0 Å². The predicted octanol–water partition coefficient (Wildman–Crippen LogP) is 4.51. The molecule has 0 atom stereocenters. The summed E-state index contributed by atoms with van der Waals surface area (Å²) in [4.78, 5) is 11.5. The molecule has 0 saturated carbocycles. The van der Waals surface area contributed by atoms with Gasteiger partial charge in [-0.2, -0.15) is 0 Å². The molecular weight excluding hydrogens is 276 g/mol. The van der Waals surface area contributed by atoms with Crippen molar-refractivity contribution in [2.75, 3.05) is 0 Å². The summed E-state index contributed by atoms with van der Waals surface area (Å²) < 4.78 is 11.3. The Bertz CT molecular complexity index is 674. The van der Waals surface area contributed by atoms with Gasteiger partial charge in [-0.05, 0) is 49.6 Å². The van der Waals surface area contributed by atoms with Gasteiger partial charge < -0.3 is 9.47 Å². The van der Waals surface area contributed by atoms with E-state index in [0.717, 1.165) is 16.9 Å². The van der Waals surface area contributed by atoms with Crippen LogP contribution in [-0.2, 0) is 11.4 Å². The van der Waals surface area contributed by atoms with Crippen LogP contribution in [0.25, 0.3) is 0 Å². The summed E-state index contributed by atoms with van der Waals surface area (Å²) in [5, 5.41) is 0. The maximum atomic E-state index is 11.5. The van der Waals surface area contributed by atoms with Crippen molar-refractivity contribution in [3.05, 3.63) is 58.7 Å². The molecule has 0 heterocycles. The van der Waals surface area contributed by atoms with Crippen molar-refractivity contribution in [1.82, 2.24) is 0 Å². The van der Waals surface area contributed by atoms with E-state index in [4.69, 9.17) is 9.47 Å². The van der Waals surface area contributed by atoms with E-state index in [1.54, 1.807) is 13.0 Å². The Hall–Kier alpha value is -2.29. The molecule has 0 amide bonds. The Morgan fingerprint density at radius 1 is 0.955 bits per heavy atom. The fraction of sp³-hybridized carbons (Fsp3) is 0.316. The highest BCUT2D eigenvalue weighted by molar-refractivity contribution is 5.72. The highest BCUT2D eigenvalue weighted by atomic mass is 16.5. The molecule has 22 heavy (non-hydrogen) atoms. The van der Waals surface area contributed by atoms with Crippen LogP contribution in [-0.4, -0.2) is 5.97 Å². The van der Waals surface area contributed by atoms with Crippen LogP contribution < -0.4 is 9.47 Å². The molecule has 3 nitrogen and oxygen atoms in total. The van der Waals surface area contributed by atoms with Gasteiger partial charge in [0.25, 0.3) is 0 Å². The highest BCUT2D eigenvalue weighted by Gasteiger charge is 2.09. The molecule has 0 spiro atoms. The van der Waals surface area contributed by atoms with Crippen LogP contribution in [0, 0.1) is 20.8 Å². The summed E-state index contributed by atoms with van der Waals surface area (Å²) in [7, 11) is 0. The first kappa shape index (κ1) is 16.1. The normalized spacial score (nSPS) is 10.4. The number of carbonyl (C=O) groups excluding carboxylic acids is 1. The zero-order chi connectivity index (χ0) is 16.1. The lowest BCUT2D eigenvalue weighted by atomic mass is 10.1. The first-order valence-electron chi connectivity index (χ1n) is 7.50. The van der Waals surface area contributed by atoms with Crippen molar-refractivity contribution in [3.63, 3.8) is 0 Å². The molecule has 0 N–H and O–H groups in total. The number of hydrogen-bond acceptors (Lipinski definition) is 3. The second-order valence-electron chi connectivity index (χ2n) is 5.43. The number of ether oxygens (including phenoxy) is 2. The summed E-state index contributed by atoms with van der Waals surface area (Å²) in [6, 6.07) is 11.6. The van der Waals surface area contributed by atoms with E-state index < -0.39 is 0 Å². The third kappa shape index (κ3) is 3.88. The van der Waals surface area contributed by atoms with E-state index in [9.17, 15) is 4.79 Å². The van der Waals surface area contributed by atoms with Gasteiger partial charge in [-0.25, -0.2) is 0 Å². The van der Waals surface area contributed by atoms with Gasteiger partial charge >= 0.3 is 5.97 Å². The van der Waals surface area contributed by atoms with Crippen LogP contribution in [0.15, 0.2) is 36.4 Å². The molecule has 2 aromatic rings. The van der Waals surface area contributed by atoms with Crippen molar-refractivity contribution >= 4 is 5.97 Å². The van der Waals surface area contributed by atoms with E-state index >= 15 is 0 Å². The fourth-order valence-electron chi connectivity index (χ4n) is 2.16. The Balaban J connectivity index is 2.15. The van der Waals surface area contributed by atoms with Gasteiger partial charge in [0.2, 0.25) is 0 Å². The topological polar surface area (TPSA) is 35.5 Å². The number of carbonyl (C=O) groups is 1. The van der Waals surface area contributed by atoms with Gasteiger partial charge in [0.05, 0.1) is 0 Å². The van der Waals surface area contributed by atoms with Crippen molar-refractivity contribution in [2.24, 2.45) is 0 Å². The van der Waals surface area contributed by atoms with Crippen molar-refractivity contribution in [1.29, 1.82) is 0 Å². The second-order valence-corrected chi connectivity index (χ2v) is 5.43. The second kappa shape index (κ2) is 7.12. The molecule has 2 rings (SSSR count). The molecule has 0 aliphatic heterocycles. The van der Waals surface area contributed by atoms with Crippen LogP contribution in [0.4, 0.5) is 0 Å². The maximum absolute atomic E-state index is 11.5. The smallest absolute Gasteiger partial charge is 0.310 e. The van der Waals surface area contributed by atoms with E-state index in [2.05, 4.69) is 19.9 Å². The zero-order valence-electron chi connectivity index (χ0n) is 13.6. The van der Waals surface area contributed by atoms with Crippen LogP contribution in [0.3, 0.4) is 0 Å². The molecule has 0 radical (unpaired) electrons. The van der Waals surface area contributed by atoms with Crippen molar-refractivity contribution < 1.29 is 14.3 Å². The Kier molecular flexibility index (Phi) is 5.21. The minimum Gasteiger partial charge on any atom is -0.488 e. The van der Waals surface area contributed by atoms with Gasteiger partial charge in [0.1, 0.15) is 18.1 Å². The number of rotatable bonds is 5. The van der Waals surface area contributed by atoms with E-state index in [1.165, 1.54) is 11.1 Å². The Morgan fingerprint density at radius 2 is 1.64 bits per heavy atom. The minimum absolute atomic E-state index is 0.241. The largest absolute Gasteiger partial charge is 0.488 e. The third-order valence-corrected chi connectivity index (χ3v) is 3.66. The molecule has 0 fully saturated rings. The lowest BCUT2D eigenvalue weighted by molar-refractivity contribution is -0.134. The van der Waals surface area contributed by atoms with Crippen LogP contribution in [0.1, 0.15) is 35.6 Å². The summed E-state index contributed by atoms with van der Waals surface area (Å²) in [6.45, 7) is 8.34. The highest BCUT2D eigenvalue weighted by Crippen LogP contribution is 2.25. The van der Waals surface area contributed by atoms with E-state index in [0.29, 0.717) is 18.8 Å². The molecule has 2 aromatic carbocycles. The molecule has 116 valence electrons. The SMILES string of the molecule is CCC(=O)Oc1ccccc1COc1cc(C)c(C)cc1C. The summed E-state index contributed by atoms with van der Waals surface area (Å²) in [5.41, 5.74) is 4.42. The fourth-order valence-corrected chi connectivity index (χ4v) is 2.16. The monoisotopic (exact) mass is 298 g/mol. The van der Waals surface area contributed by atoms with Crippen LogP contribution in [0.2, 0.25) is 0 Å². The van der Waals surface area contributed by atoms with Gasteiger partial charge in [-0.1, -0.05) is 31.2 Å². The number of aryl methyl sites for hydroxylation is 3. The van der Waals surface area contributed by atoms with Gasteiger partial charge in [-0.3, -0.25) is 4.79 Å². The van der Waals surface area contributed by atoms with Crippen molar-refractivity contribution in [2.45, 2.75) is 40.7 Å². The lowest BCUT2D eigenvalue weighted by Crippen LogP contribution is -2.08. The lowest BCUT2D eigenvalue weighted by Gasteiger charge is -2.14. The molecular formula is C19H22O3. The van der Waals surface area contributed by atoms with E-state index in [1.807, 2.05) is 31.2 Å². The molecule has 0 aliphatic carbocycles. The first-order valence-corrected chi connectivity index (χ1v) is 7.50. The van der Waals surface area contributed by atoms with Crippen molar-refractivity contribution in [3.8, 4) is 11.5 Å². The molecule has 0 aliphatic rings. The number of esters is 1. The maximum Gasteiger partial charge on any atom is 0.310 e. The van der Waals surface area contributed by atoms with Gasteiger partial charge in [0, 0.05) is 12.0 Å². The molecule has 3 heteroatoms. The predicted molar refractivity (Wildman–Crippen MR) is 87.4 cm³/mol. The number of benzene rings is 2.